The highest BCUT2D eigenvalue weighted by Crippen LogP contribution is 2.33. The molecule has 0 unspecified atom stereocenters. The zero-order valence-corrected chi connectivity index (χ0v) is 13.7. The minimum absolute atomic E-state index is 0.214. The third-order valence-electron chi connectivity index (χ3n) is 4.99. The molecule has 0 aromatic heterocycles. The first-order valence-electron chi connectivity index (χ1n) is 8.29. The monoisotopic (exact) mass is 303 g/mol. The van der Waals surface area contributed by atoms with Crippen LogP contribution in [0, 0.1) is 0 Å². The largest absolute Gasteiger partial charge is 0.378 e. The van der Waals surface area contributed by atoms with Crippen LogP contribution in [-0.4, -0.2) is 19.9 Å². The van der Waals surface area contributed by atoms with E-state index in [2.05, 4.69) is 41.3 Å². The average Bonchev–Trinajstić information content (AvgIpc) is 3.11. The number of hydrogen-bond acceptors (Lipinski definition) is 2. The van der Waals surface area contributed by atoms with E-state index in [-0.39, 0.29) is 5.78 Å². The van der Waals surface area contributed by atoms with Crippen molar-refractivity contribution in [2.24, 2.45) is 0 Å². The van der Waals surface area contributed by atoms with Crippen LogP contribution in [0.3, 0.4) is 0 Å². The second-order valence-electron chi connectivity index (χ2n) is 6.79. The molecule has 0 heterocycles. The summed E-state index contributed by atoms with van der Waals surface area (Å²) in [6.45, 7) is 0. The minimum atomic E-state index is 0.214. The Morgan fingerprint density at radius 3 is 2.35 bits per heavy atom. The van der Waals surface area contributed by atoms with Gasteiger partial charge in [-0.3, -0.25) is 4.79 Å². The van der Waals surface area contributed by atoms with Gasteiger partial charge in [-0.25, -0.2) is 0 Å². The van der Waals surface area contributed by atoms with Crippen molar-refractivity contribution in [2.75, 3.05) is 19.0 Å². The van der Waals surface area contributed by atoms with Crippen molar-refractivity contribution >= 4 is 17.5 Å². The van der Waals surface area contributed by atoms with E-state index in [1.807, 2.05) is 20.2 Å². The number of anilines is 1. The van der Waals surface area contributed by atoms with E-state index in [0.717, 1.165) is 29.5 Å². The number of Topliss-reactive ketones (excluding diaryl/α,β-unsaturated/α-hetero) is 1. The van der Waals surface area contributed by atoms with Gasteiger partial charge in [0.05, 0.1) is 0 Å². The summed E-state index contributed by atoms with van der Waals surface area (Å²) in [7, 11) is 4.06. The van der Waals surface area contributed by atoms with Gasteiger partial charge in [0.1, 0.15) is 0 Å². The van der Waals surface area contributed by atoms with Crippen LogP contribution in [-0.2, 0) is 19.3 Å². The first-order chi connectivity index (χ1) is 11.1. The maximum Gasteiger partial charge on any atom is 0.189 e. The minimum Gasteiger partial charge on any atom is -0.378 e. The molecule has 0 amide bonds. The van der Waals surface area contributed by atoms with Gasteiger partial charge in [0, 0.05) is 37.3 Å². The number of hydrogen-bond donors (Lipinski definition) is 0. The Kier molecular flexibility index (Phi) is 3.33. The molecule has 2 heteroatoms. The number of carbonyl (C=O) groups excluding carboxylic acids is 1. The Morgan fingerprint density at radius 1 is 0.957 bits per heavy atom. The summed E-state index contributed by atoms with van der Waals surface area (Å²) in [4.78, 5) is 14.8. The maximum atomic E-state index is 12.7. The van der Waals surface area contributed by atoms with Crippen molar-refractivity contribution in [3.8, 4) is 0 Å². The second-order valence-corrected chi connectivity index (χ2v) is 6.79. The zero-order valence-electron chi connectivity index (χ0n) is 13.7. The Hall–Kier alpha value is -2.35. The second kappa shape index (κ2) is 5.38. The number of benzene rings is 2. The molecule has 2 aromatic rings. The van der Waals surface area contributed by atoms with E-state index in [1.165, 1.54) is 35.2 Å². The smallest absolute Gasteiger partial charge is 0.189 e. The zero-order chi connectivity index (χ0) is 16.0. The molecule has 2 nitrogen and oxygen atoms in total. The van der Waals surface area contributed by atoms with E-state index in [4.69, 9.17) is 0 Å². The maximum absolute atomic E-state index is 12.7. The summed E-state index contributed by atoms with van der Waals surface area (Å²) >= 11 is 0. The molecule has 0 aliphatic heterocycles. The van der Waals surface area contributed by atoms with Gasteiger partial charge in [0.15, 0.2) is 5.78 Å². The molecule has 2 aromatic carbocycles. The summed E-state index contributed by atoms with van der Waals surface area (Å²) < 4.78 is 0. The van der Waals surface area contributed by atoms with Crippen molar-refractivity contribution in [3.05, 3.63) is 69.8 Å². The fraction of sp³-hybridized carbons (Fsp3) is 0.286. The number of carbonyl (C=O) groups is 1. The standard InChI is InChI=1S/C21H21NO/c1-22(2)19-8-6-14(7-9-19)10-18-12-17-11-15-4-3-5-16(15)13-20(17)21(18)23/h6-11,13H,3-5,12H2,1-2H3. The number of rotatable bonds is 2. The van der Waals surface area contributed by atoms with Gasteiger partial charge in [-0.05, 0) is 65.8 Å². The fourth-order valence-corrected chi connectivity index (χ4v) is 3.68. The molecular weight excluding hydrogens is 282 g/mol. The molecule has 0 saturated carbocycles. The predicted molar refractivity (Wildman–Crippen MR) is 95.2 cm³/mol. The average molecular weight is 303 g/mol. The molecule has 2 aliphatic rings. The van der Waals surface area contributed by atoms with E-state index >= 15 is 0 Å². The molecule has 2 aliphatic carbocycles. The summed E-state index contributed by atoms with van der Waals surface area (Å²) in [5.41, 5.74) is 8.17. The molecule has 0 saturated heterocycles. The normalized spacial score (nSPS) is 17.5. The number of allylic oxidation sites excluding steroid dienone is 1. The van der Waals surface area contributed by atoms with Gasteiger partial charge in [0.25, 0.3) is 0 Å². The molecule has 4 rings (SSSR count). The van der Waals surface area contributed by atoms with Crippen LogP contribution in [0.25, 0.3) is 6.08 Å². The van der Waals surface area contributed by atoms with Crippen LogP contribution >= 0.6 is 0 Å². The van der Waals surface area contributed by atoms with Crippen molar-refractivity contribution in [2.45, 2.75) is 25.7 Å². The molecule has 23 heavy (non-hydrogen) atoms. The van der Waals surface area contributed by atoms with Crippen molar-refractivity contribution in [1.82, 2.24) is 0 Å². The summed E-state index contributed by atoms with van der Waals surface area (Å²) in [6.07, 6.45) is 6.35. The van der Waals surface area contributed by atoms with Crippen LogP contribution in [0.1, 0.15) is 39.0 Å². The quantitative estimate of drug-likeness (QED) is 0.780. The van der Waals surface area contributed by atoms with E-state index in [0.29, 0.717) is 0 Å². The van der Waals surface area contributed by atoms with Gasteiger partial charge in [-0.1, -0.05) is 18.2 Å². The van der Waals surface area contributed by atoms with Gasteiger partial charge in [-0.2, -0.15) is 0 Å². The van der Waals surface area contributed by atoms with Gasteiger partial charge in [-0.15, -0.1) is 0 Å². The first kappa shape index (κ1) is 14.3. The van der Waals surface area contributed by atoms with Crippen molar-refractivity contribution in [3.63, 3.8) is 0 Å². The Bertz CT molecular complexity index is 812. The van der Waals surface area contributed by atoms with Gasteiger partial charge >= 0.3 is 0 Å². The number of aryl methyl sites for hydroxylation is 2. The molecule has 0 N–H and O–H groups in total. The van der Waals surface area contributed by atoms with Gasteiger partial charge in [0.2, 0.25) is 0 Å². The molecule has 116 valence electrons. The molecule has 0 atom stereocenters. The Morgan fingerprint density at radius 2 is 1.65 bits per heavy atom. The molecule has 0 bridgehead atoms. The molecule has 0 radical (unpaired) electrons. The highest BCUT2D eigenvalue weighted by molar-refractivity contribution is 6.15. The predicted octanol–water partition coefficient (Wildman–Crippen LogP) is 4.06. The lowest BCUT2D eigenvalue weighted by Crippen LogP contribution is -2.07. The lowest BCUT2D eigenvalue weighted by atomic mass is 10.0. The molecule has 0 fully saturated rings. The Labute approximate surface area is 137 Å². The highest BCUT2D eigenvalue weighted by atomic mass is 16.1. The van der Waals surface area contributed by atoms with Crippen LogP contribution in [0.2, 0.25) is 0 Å². The highest BCUT2D eigenvalue weighted by Gasteiger charge is 2.27. The van der Waals surface area contributed by atoms with Crippen LogP contribution < -0.4 is 4.90 Å². The van der Waals surface area contributed by atoms with E-state index < -0.39 is 0 Å². The lowest BCUT2D eigenvalue weighted by molar-refractivity contribution is 0.104. The number of ketones is 1. The van der Waals surface area contributed by atoms with E-state index in [9.17, 15) is 4.79 Å². The summed E-state index contributed by atoms with van der Waals surface area (Å²) in [5.74, 6) is 0.214. The summed E-state index contributed by atoms with van der Waals surface area (Å²) in [5, 5.41) is 0. The number of fused-ring (bicyclic) bond motifs is 2. The van der Waals surface area contributed by atoms with Crippen LogP contribution in [0.15, 0.2) is 42.0 Å². The third kappa shape index (κ3) is 2.48. The first-order valence-corrected chi connectivity index (χ1v) is 8.29. The van der Waals surface area contributed by atoms with Crippen molar-refractivity contribution < 1.29 is 4.79 Å². The molecule has 0 spiro atoms. The van der Waals surface area contributed by atoms with Crippen molar-refractivity contribution in [1.29, 1.82) is 0 Å². The van der Waals surface area contributed by atoms with Gasteiger partial charge < -0.3 is 4.90 Å². The fourth-order valence-electron chi connectivity index (χ4n) is 3.68. The topological polar surface area (TPSA) is 20.3 Å². The van der Waals surface area contributed by atoms with Crippen LogP contribution in [0.5, 0.6) is 0 Å². The Balaban J connectivity index is 1.65. The number of nitrogens with zero attached hydrogens (tertiary/aromatic N) is 1. The molecular formula is C21H21NO. The van der Waals surface area contributed by atoms with Crippen LogP contribution in [0.4, 0.5) is 5.69 Å². The third-order valence-corrected chi connectivity index (χ3v) is 4.99. The summed E-state index contributed by atoms with van der Waals surface area (Å²) in [6, 6.07) is 12.8. The SMILES string of the molecule is CN(C)c1ccc(C=C2Cc3cc4c(cc3C2=O)CCC4)cc1. The lowest BCUT2D eigenvalue weighted by Gasteiger charge is -2.11. The van der Waals surface area contributed by atoms with E-state index in [1.54, 1.807) is 0 Å².